The number of hydrogen-bond donors (Lipinski definition) is 1. The molecule has 0 atom stereocenters. The van der Waals surface area contributed by atoms with Crippen LogP contribution in [0, 0.1) is 0 Å². The van der Waals surface area contributed by atoms with Crippen molar-refractivity contribution in [3.63, 3.8) is 0 Å². The Hall–Kier alpha value is -1.33. The molecule has 0 saturated carbocycles. The van der Waals surface area contributed by atoms with Crippen LogP contribution in [0.3, 0.4) is 0 Å². The van der Waals surface area contributed by atoms with E-state index in [1.807, 2.05) is 18.7 Å². The number of nitrogens with one attached hydrogen (secondary N) is 1. The van der Waals surface area contributed by atoms with Gasteiger partial charge in [-0.2, -0.15) is 0 Å². The van der Waals surface area contributed by atoms with Crippen molar-refractivity contribution in [2.45, 2.75) is 17.2 Å². The maximum Gasteiger partial charge on any atom is 0.142 e. The molecule has 0 fully saturated rings. The lowest BCUT2D eigenvalue weighted by Crippen LogP contribution is -2.04. The first-order chi connectivity index (χ1) is 8.29. The van der Waals surface area contributed by atoms with E-state index in [0.29, 0.717) is 0 Å². The topological polar surface area (TPSA) is 42.7 Å². The highest BCUT2D eigenvalue weighted by molar-refractivity contribution is 7.98. The third kappa shape index (κ3) is 3.31. The average molecular weight is 248 g/mol. The third-order valence-electron chi connectivity index (χ3n) is 2.48. The van der Waals surface area contributed by atoms with Gasteiger partial charge in [0.1, 0.15) is 12.2 Å². The molecule has 4 nitrogen and oxygen atoms in total. The fourth-order valence-corrected chi connectivity index (χ4v) is 2.38. The molecule has 0 radical (unpaired) electrons. The van der Waals surface area contributed by atoms with Crippen molar-refractivity contribution < 1.29 is 0 Å². The Balaban J connectivity index is 1.93. The largest absolute Gasteiger partial charge is 0.320 e. The fraction of sp³-hybridized carbons (Fsp3) is 0.333. The lowest BCUT2D eigenvalue weighted by molar-refractivity contribution is 0.817. The molecule has 0 aliphatic rings. The molecular weight excluding hydrogens is 232 g/mol. The molecule has 1 heterocycles. The second-order valence-corrected chi connectivity index (χ2v) is 4.87. The highest BCUT2D eigenvalue weighted by Gasteiger charge is 2.01. The molecule has 0 amide bonds. The summed E-state index contributed by atoms with van der Waals surface area (Å²) in [6.45, 7) is 0.911. The van der Waals surface area contributed by atoms with E-state index in [4.69, 9.17) is 0 Å². The zero-order valence-electron chi connectivity index (χ0n) is 10.1. The molecule has 1 N–H and O–H groups in total. The first-order valence-electron chi connectivity index (χ1n) is 5.49. The average Bonchev–Trinajstić information content (AvgIpc) is 2.75. The Morgan fingerprint density at radius 2 is 2.06 bits per heavy atom. The van der Waals surface area contributed by atoms with E-state index in [1.165, 1.54) is 10.5 Å². The molecule has 5 heteroatoms. The van der Waals surface area contributed by atoms with Gasteiger partial charge in [0, 0.05) is 18.5 Å². The summed E-state index contributed by atoms with van der Waals surface area (Å²) in [5, 5.41) is 11.1. The fourth-order valence-electron chi connectivity index (χ4n) is 1.49. The van der Waals surface area contributed by atoms with Crippen molar-refractivity contribution in [3.8, 4) is 0 Å². The predicted octanol–water partition coefficient (Wildman–Crippen LogP) is 1.83. The Labute approximate surface area is 105 Å². The van der Waals surface area contributed by atoms with Crippen LogP contribution in [0.4, 0.5) is 0 Å². The second-order valence-electron chi connectivity index (χ2n) is 3.82. The van der Waals surface area contributed by atoms with Gasteiger partial charge < -0.3 is 9.88 Å². The van der Waals surface area contributed by atoms with Crippen molar-refractivity contribution in [3.05, 3.63) is 42.0 Å². The number of benzene rings is 1. The second kappa shape index (κ2) is 5.84. The molecule has 0 aliphatic heterocycles. The van der Waals surface area contributed by atoms with Crippen molar-refractivity contribution in [2.24, 2.45) is 7.05 Å². The zero-order chi connectivity index (χ0) is 12.1. The smallest absolute Gasteiger partial charge is 0.142 e. The normalized spacial score (nSPS) is 10.7. The van der Waals surface area contributed by atoms with Crippen LogP contribution in [0.1, 0.15) is 11.4 Å². The number of aromatic nitrogens is 3. The van der Waals surface area contributed by atoms with Crippen LogP contribution in [0.25, 0.3) is 0 Å². The number of nitrogens with zero attached hydrogens (tertiary/aromatic N) is 3. The molecule has 2 rings (SSSR count). The van der Waals surface area contributed by atoms with Crippen molar-refractivity contribution >= 4 is 11.8 Å². The number of rotatable bonds is 5. The van der Waals surface area contributed by atoms with Gasteiger partial charge in [-0.25, -0.2) is 0 Å². The van der Waals surface area contributed by atoms with E-state index in [1.54, 1.807) is 18.1 Å². The van der Waals surface area contributed by atoms with Crippen LogP contribution >= 0.6 is 11.8 Å². The molecule has 0 unspecified atom stereocenters. The lowest BCUT2D eigenvalue weighted by Gasteiger charge is -2.03. The van der Waals surface area contributed by atoms with Crippen molar-refractivity contribution in [2.75, 3.05) is 7.05 Å². The van der Waals surface area contributed by atoms with E-state index >= 15 is 0 Å². The van der Waals surface area contributed by atoms with Gasteiger partial charge in [-0.15, -0.1) is 22.0 Å². The van der Waals surface area contributed by atoms with Crippen LogP contribution < -0.4 is 5.32 Å². The third-order valence-corrected chi connectivity index (χ3v) is 3.49. The van der Waals surface area contributed by atoms with Gasteiger partial charge in [0.25, 0.3) is 0 Å². The van der Waals surface area contributed by atoms with E-state index in [2.05, 4.69) is 39.8 Å². The van der Waals surface area contributed by atoms with E-state index in [0.717, 1.165) is 18.1 Å². The molecule has 2 aromatic rings. The molecule has 0 bridgehead atoms. The summed E-state index contributed by atoms with van der Waals surface area (Å²) < 4.78 is 1.95. The summed E-state index contributed by atoms with van der Waals surface area (Å²) in [4.78, 5) is 1.26. The van der Waals surface area contributed by atoms with Crippen LogP contribution in [0.5, 0.6) is 0 Å². The summed E-state index contributed by atoms with van der Waals surface area (Å²) >= 11 is 1.78. The van der Waals surface area contributed by atoms with E-state index in [9.17, 15) is 0 Å². The standard InChI is InChI=1S/C12H16N4S/c1-13-7-10-3-5-11(6-4-10)17-8-12-15-14-9-16(12)2/h3-6,9,13H,7-8H2,1-2H3. The van der Waals surface area contributed by atoms with E-state index < -0.39 is 0 Å². The minimum absolute atomic E-state index is 0.849. The summed E-state index contributed by atoms with van der Waals surface area (Å²) in [7, 11) is 3.92. The van der Waals surface area contributed by atoms with Gasteiger partial charge in [0.2, 0.25) is 0 Å². The molecule has 0 saturated heterocycles. The van der Waals surface area contributed by atoms with Gasteiger partial charge in [-0.1, -0.05) is 12.1 Å². The number of aryl methyl sites for hydroxylation is 1. The molecular formula is C12H16N4S. The quantitative estimate of drug-likeness (QED) is 0.820. The highest BCUT2D eigenvalue weighted by atomic mass is 32.2. The summed E-state index contributed by atoms with van der Waals surface area (Å²) in [6, 6.07) is 8.59. The first kappa shape index (κ1) is 12.1. The van der Waals surface area contributed by atoms with Crippen LogP contribution in [-0.4, -0.2) is 21.8 Å². The van der Waals surface area contributed by atoms with E-state index in [-0.39, 0.29) is 0 Å². The maximum absolute atomic E-state index is 4.06. The number of hydrogen-bond acceptors (Lipinski definition) is 4. The summed E-state index contributed by atoms with van der Waals surface area (Å²) in [5.41, 5.74) is 1.30. The minimum atomic E-state index is 0.849. The van der Waals surface area contributed by atoms with Crippen LogP contribution in [0.15, 0.2) is 35.5 Å². The Kier molecular flexibility index (Phi) is 4.17. The molecule has 90 valence electrons. The Morgan fingerprint density at radius 3 is 2.65 bits per heavy atom. The minimum Gasteiger partial charge on any atom is -0.320 e. The number of thioether (sulfide) groups is 1. The van der Waals surface area contributed by atoms with Crippen LogP contribution in [-0.2, 0) is 19.3 Å². The molecule has 0 spiro atoms. The highest BCUT2D eigenvalue weighted by Crippen LogP contribution is 2.21. The summed E-state index contributed by atoms with van der Waals surface area (Å²) in [6.07, 6.45) is 1.73. The van der Waals surface area contributed by atoms with Gasteiger partial charge in [-0.3, -0.25) is 0 Å². The maximum atomic E-state index is 4.06. The van der Waals surface area contributed by atoms with Gasteiger partial charge in [-0.05, 0) is 24.7 Å². The van der Waals surface area contributed by atoms with Gasteiger partial charge >= 0.3 is 0 Å². The summed E-state index contributed by atoms with van der Waals surface area (Å²) in [5.74, 6) is 1.84. The zero-order valence-corrected chi connectivity index (χ0v) is 10.9. The van der Waals surface area contributed by atoms with Crippen LogP contribution in [0.2, 0.25) is 0 Å². The first-order valence-corrected chi connectivity index (χ1v) is 6.47. The molecule has 1 aromatic heterocycles. The Morgan fingerprint density at radius 1 is 1.29 bits per heavy atom. The molecule has 0 aliphatic carbocycles. The van der Waals surface area contributed by atoms with Gasteiger partial charge in [0.15, 0.2) is 0 Å². The lowest BCUT2D eigenvalue weighted by atomic mass is 10.2. The van der Waals surface area contributed by atoms with Crippen molar-refractivity contribution in [1.29, 1.82) is 0 Å². The predicted molar refractivity (Wildman–Crippen MR) is 69.8 cm³/mol. The van der Waals surface area contributed by atoms with Crippen molar-refractivity contribution in [1.82, 2.24) is 20.1 Å². The SMILES string of the molecule is CNCc1ccc(SCc2nncn2C)cc1. The van der Waals surface area contributed by atoms with Gasteiger partial charge in [0.05, 0.1) is 5.75 Å². The monoisotopic (exact) mass is 248 g/mol. The molecule has 1 aromatic carbocycles. The molecule has 17 heavy (non-hydrogen) atoms. The Bertz CT molecular complexity index is 464.